The normalized spacial score (nSPS) is 15.9. The summed E-state index contributed by atoms with van der Waals surface area (Å²) < 4.78 is 4.69. The van der Waals surface area contributed by atoms with Crippen LogP contribution in [0.4, 0.5) is 5.69 Å². The van der Waals surface area contributed by atoms with E-state index in [1.165, 1.54) is 7.11 Å². The van der Waals surface area contributed by atoms with E-state index >= 15 is 0 Å². The number of methoxy groups -OCH3 is 1. The van der Waals surface area contributed by atoms with Crippen LogP contribution in [0.2, 0.25) is 0 Å². The van der Waals surface area contributed by atoms with Crippen molar-refractivity contribution in [1.82, 2.24) is 0 Å². The molecule has 4 nitrogen and oxygen atoms in total. The summed E-state index contributed by atoms with van der Waals surface area (Å²) in [5.41, 5.74) is 1.93. The lowest BCUT2D eigenvalue weighted by atomic mass is 10.0. The molecule has 0 bridgehead atoms. The van der Waals surface area contributed by atoms with Crippen LogP contribution in [-0.2, 0) is 14.3 Å². The number of rotatable bonds is 3. The van der Waals surface area contributed by atoms with Crippen molar-refractivity contribution in [2.45, 2.75) is 26.7 Å². The van der Waals surface area contributed by atoms with E-state index in [1.807, 2.05) is 32.0 Å². The molecule has 1 aliphatic rings. The number of nitrogens with one attached hydrogen (secondary N) is 1. The molecule has 0 heterocycles. The molecule has 1 N–H and O–H groups in total. The van der Waals surface area contributed by atoms with Gasteiger partial charge in [-0.05, 0) is 43.9 Å². The zero-order valence-electron chi connectivity index (χ0n) is 10.9. The number of anilines is 1. The Bertz CT molecular complexity index is 504. The first kappa shape index (κ1) is 12.6. The fraction of sp³-hybridized carbons (Fsp3) is 0.429. The average molecular weight is 247 g/mol. The van der Waals surface area contributed by atoms with Gasteiger partial charge in [-0.3, -0.25) is 9.59 Å². The Kier molecular flexibility index (Phi) is 3.11. The highest BCUT2D eigenvalue weighted by Gasteiger charge is 2.57. The van der Waals surface area contributed by atoms with Crippen molar-refractivity contribution in [3.05, 3.63) is 29.3 Å². The first-order valence-electron chi connectivity index (χ1n) is 5.97. The Morgan fingerprint density at radius 2 is 1.94 bits per heavy atom. The van der Waals surface area contributed by atoms with Gasteiger partial charge in [0.25, 0.3) is 0 Å². The van der Waals surface area contributed by atoms with Crippen LogP contribution in [0.1, 0.15) is 24.0 Å². The third kappa shape index (κ3) is 1.98. The van der Waals surface area contributed by atoms with Crippen LogP contribution in [0.15, 0.2) is 18.2 Å². The van der Waals surface area contributed by atoms with Crippen LogP contribution >= 0.6 is 0 Å². The molecule has 1 aliphatic carbocycles. The van der Waals surface area contributed by atoms with Gasteiger partial charge in [0, 0.05) is 5.69 Å². The van der Waals surface area contributed by atoms with Gasteiger partial charge in [-0.2, -0.15) is 0 Å². The molecule has 18 heavy (non-hydrogen) atoms. The smallest absolute Gasteiger partial charge is 0.321 e. The van der Waals surface area contributed by atoms with E-state index in [0.717, 1.165) is 16.8 Å². The lowest BCUT2D eigenvalue weighted by Crippen LogP contribution is -2.32. The molecule has 0 aromatic heterocycles. The van der Waals surface area contributed by atoms with Crippen molar-refractivity contribution in [3.8, 4) is 0 Å². The van der Waals surface area contributed by atoms with Crippen LogP contribution in [-0.4, -0.2) is 19.0 Å². The van der Waals surface area contributed by atoms with Gasteiger partial charge in [0.2, 0.25) is 5.91 Å². The average Bonchev–Trinajstić information content (AvgIpc) is 3.15. The molecule has 0 spiro atoms. The molecule has 2 rings (SSSR count). The molecule has 1 amide bonds. The minimum atomic E-state index is -0.953. The molecule has 0 radical (unpaired) electrons. The van der Waals surface area contributed by atoms with Crippen LogP contribution in [0.5, 0.6) is 0 Å². The molecule has 0 atom stereocenters. The molecule has 1 aromatic rings. The van der Waals surface area contributed by atoms with Crippen molar-refractivity contribution >= 4 is 17.6 Å². The first-order chi connectivity index (χ1) is 8.51. The van der Waals surface area contributed by atoms with E-state index in [9.17, 15) is 9.59 Å². The molecule has 0 unspecified atom stereocenters. The van der Waals surface area contributed by atoms with Crippen LogP contribution < -0.4 is 5.32 Å². The third-order valence-electron chi connectivity index (χ3n) is 3.61. The summed E-state index contributed by atoms with van der Waals surface area (Å²) in [7, 11) is 1.31. The van der Waals surface area contributed by atoms with E-state index in [4.69, 9.17) is 4.74 Å². The van der Waals surface area contributed by atoms with E-state index in [-0.39, 0.29) is 5.91 Å². The maximum absolute atomic E-state index is 12.1. The number of hydrogen-bond acceptors (Lipinski definition) is 3. The molecule has 1 saturated carbocycles. The molecule has 4 heteroatoms. The van der Waals surface area contributed by atoms with Crippen LogP contribution in [0.3, 0.4) is 0 Å². The van der Waals surface area contributed by atoms with Gasteiger partial charge in [-0.1, -0.05) is 12.1 Å². The zero-order valence-corrected chi connectivity index (χ0v) is 10.9. The number of ether oxygens (including phenoxy) is 1. The highest BCUT2D eigenvalue weighted by Crippen LogP contribution is 2.47. The molecule has 0 aliphatic heterocycles. The number of esters is 1. The van der Waals surface area contributed by atoms with E-state index < -0.39 is 11.4 Å². The van der Waals surface area contributed by atoms with Gasteiger partial charge in [0.15, 0.2) is 0 Å². The van der Waals surface area contributed by atoms with Gasteiger partial charge >= 0.3 is 5.97 Å². The third-order valence-corrected chi connectivity index (χ3v) is 3.61. The minimum absolute atomic E-state index is 0.261. The molecule has 0 saturated heterocycles. The number of carbonyl (C=O) groups excluding carboxylic acids is 2. The standard InChI is InChI=1S/C14H17NO3/c1-9-5-4-6-11(10(9)2)15-12(16)14(7-8-14)13(17)18-3/h4-6H,7-8H2,1-3H3,(H,15,16). The quantitative estimate of drug-likeness (QED) is 0.658. The second-order valence-corrected chi connectivity index (χ2v) is 4.78. The van der Waals surface area contributed by atoms with Crippen molar-refractivity contribution in [1.29, 1.82) is 0 Å². The summed E-state index contributed by atoms with van der Waals surface area (Å²) in [5, 5.41) is 2.83. The summed E-state index contributed by atoms with van der Waals surface area (Å²) in [6.45, 7) is 3.93. The predicted molar refractivity (Wildman–Crippen MR) is 68.2 cm³/mol. The van der Waals surface area contributed by atoms with E-state index in [1.54, 1.807) is 0 Å². The highest BCUT2D eigenvalue weighted by molar-refractivity contribution is 6.11. The largest absolute Gasteiger partial charge is 0.468 e. The SMILES string of the molecule is COC(=O)C1(C(=O)Nc2cccc(C)c2C)CC1. The lowest BCUT2D eigenvalue weighted by Gasteiger charge is -2.15. The number of amides is 1. The number of aryl methyl sites for hydroxylation is 1. The Hall–Kier alpha value is -1.84. The predicted octanol–water partition coefficient (Wildman–Crippen LogP) is 2.20. The Labute approximate surface area is 106 Å². The second kappa shape index (κ2) is 4.44. The first-order valence-corrected chi connectivity index (χ1v) is 5.97. The highest BCUT2D eigenvalue weighted by atomic mass is 16.5. The van der Waals surface area contributed by atoms with Crippen LogP contribution in [0.25, 0.3) is 0 Å². The zero-order chi connectivity index (χ0) is 13.3. The van der Waals surface area contributed by atoms with Crippen molar-refractivity contribution in [3.63, 3.8) is 0 Å². The summed E-state index contributed by atoms with van der Waals surface area (Å²) in [4.78, 5) is 23.7. The van der Waals surface area contributed by atoms with Gasteiger partial charge in [-0.15, -0.1) is 0 Å². The Morgan fingerprint density at radius 3 is 2.50 bits per heavy atom. The summed E-state index contributed by atoms with van der Waals surface area (Å²) >= 11 is 0. The fourth-order valence-corrected chi connectivity index (χ4v) is 1.97. The maximum atomic E-state index is 12.1. The van der Waals surface area contributed by atoms with Crippen molar-refractivity contribution in [2.24, 2.45) is 5.41 Å². The molecule has 1 aromatic carbocycles. The summed E-state index contributed by atoms with van der Waals surface area (Å²) in [6, 6.07) is 5.71. The topological polar surface area (TPSA) is 55.4 Å². The summed E-state index contributed by atoms with van der Waals surface area (Å²) in [6.07, 6.45) is 1.13. The van der Waals surface area contributed by atoms with E-state index in [2.05, 4.69) is 5.32 Å². The molecule has 96 valence electrons. The molecular weight excluding hydrogens is 230 g/mol. The van der Waals surface area contributed by atoms with E-state index in [0.29, 0.717) is 12.8 Å². The summed E-state index contributed by atoms with van der Waals surface area (Å²) in [5.74, 6) is -0.701. The molecular formula is C14H17NO3. The lowest BCUT2D eigenvalue weighted by molar-refractivity contribution is -0.150. The fourth-order valence-electron chi connectivity index (χ4n) is 1.97. The number of hydrogen-bond donors (Lipinski definition) is 1. The second-order valence-electron chi connectivity index (χ2n) is 4.78. The minimum Gasteiger partial charge on any atom is -0.468 e. The Balaban J connectivity index is 2.18. The molecule has 1 fully saturated rings. The van der Waals surface area contributed by atoms with Crippen LogP contribution in [0, 0.1) is 19.3 Å². The van der Waals surface area contributed by atoms with Gasteiger partial charge in [0.1, 0.15) is 5.41 Å². The maximum Gasteiger partial charge on any atom is 0.321 e. The number of benzene rings is 1. The van der Waals surface area contributed by atoms with Gasteiger partial charge in [0.05, 0.1) is 7.11 Å². The van der Waals surface area contributed by atoms with Crippen molar-refractivity contribution in [2.75, 3.05) is 12.4 Å². The number of carbonyl (C=O) groups is 2. The monoisotopic (exact) mass is 247 g/mol. The Morgan fingerprint density at radius 1 is 1.28 bits per heavy atom. The van der Waals surface area contributed by atoms with Gasteiger partial charge < -0.3 is 10.1 Å². The van der Waals surface area contributed by atoms with Crippen molar-refractivity contribution < 1.29 is 14.3 Å². The van der Waals surface area contributed by atoms with Gasteiger partial charge in [-0.25, -0.2) is 0 Å².